The molecule has 1 aliphatic rings. The van der Waals surface area contributed by atoms with Gasteiger partial charge in [-0.05, 0) is 37.6 Å². The summed E-state index contributed by atoms with van der Waals surface area (Å²) in [5, 5.41) is 13.9. The molecule has 1 aromatic heterocycles. The number of hydrogen-bond donors (Lipinski definition) is 2. The summed E-state index contributed by atoms with van der Waals surface area (Å²) in [5.74, 6) is 0.691. The smallest absolute Gasteiger partial charge is 0.355 e. The number of thiazole rings is 1. The van der Waals surface area contributed by atoms with Crippen LogP contribution in [0.1, 0.15) is 30.3 Å². The second-order valence-corrected chi connectivity index (χ2v) is 8.47. The molecule has 1 saturated heterocycles. The van der Waals surface area contributed by atoms with E-state index in [1.54, 1.807) is 0 Å². The lowest BCUT2D eigenvalue weighted by Gasteiger charge is -2.25. The van der Waals surface area contributed by atoms with E-state index in [2.05, 4.69) is 10.3 Å². The van der Waals surface area contributed by atoms with Crippen LogP contribution in [0.3, 0.4) is 0 Å². The van der Waals surface area contributed by atoms with Gasteiger partial charge in [0.1, 0.15) is 5.75 Å². The van der Waals surface area contributed by atoms with Crippen molar-refractivity contribution < 1.29 is 19.4 Å². The maximum Gasteiger partial charge on any atom is 0.355 e. The number of aromatic carboxylic acids is 1. The summed E-state index contributed by atoms with van der Waals surface area (Å²) in [7, 11) is 0. The molecule has 0 saturated carbocycles. The predicted octanol–water partition coefficient (Wildman–Crippen LogP) is 3.44. The minimum atomic E-state index is -1.02. The molecule has 1 amide bonds. The molecule has 1 aromatic carbocycles. The lowest BCUT2D eigenvalue weighted by molar-refractivity contribution is -0.128. The van der Waals surface area contributed by atoms with Gasteiger partial charge in [-0.2, -0.15) is 0 Å². The first-order chi connectivity index (χ1) is 13.6. The number of likely N-dealkylation sites (tertiary alicyclic amines) is 1. The van der Waals surface area contributed by atoms with Crippen LogP contribution in [0.2, 0.25) is 0 Å². The van der Waals surface area contributed by atoms with Crippen molar-refractivity contribution in [3.05, 3.63) is 35.3 Å². The van der Waals surface area contributed by atoms with Crippen LogP contribution in [-0.2, 0) is 4.79 Å². The standard InChI is InChI=1S/C19H23N3O4S2/c1-2-26-15-6-3-13(4-7-15)20-11-14-5-8-17(23)22(14)9-10-27-19-21-16(12-28-19)18(24)25/h3-4,6-7,12,14,20H,2,5,8-11H2,1H3,(H,24,25)/t14-/m1/s1. The van der Waals surface area contributed by atoms with E-state index in [4.69, 9.17) is 9.84 Å². The Morgan fingerprint density at radius 2 is 2.21 bits per heavy atom. The van der Waals surface area contributed by atoms with Crippen LogP contribution in [0.15, 0.2) is 34.0 Å². The fourth-order valence-corrected chi connectivity index (χ4v) is 4.85. The molecule has 2 N–H and O–H groups in total. The first-order valence-electron chi connectivity index (χ1n) is 9.14. The van der Waals surface area contributed by atoms with Crippen LogP contribution >= 0.6 is 23.1 Å². The van der Waals surface area contributed by atoms with E-state index < -0.39 is 5.97 Å². The molecule has 1 atom stereocenters. The number of thioether (sulfide) groups is 1. The monoisotopic (exact) mass is 421 g/mol. The quantitative estimate of drug-likeness (QED) is 0.568. The molecule has 150 valence electrons. The molecule has 2 aromatic rings. The van der Waals surface area contributed by atoms with Crippen molar-refractivity contribution in [2.24, 2.45) is 0 Å². The number of amides is 1. The number of rotatable bonds is 10. The highest BCUT2D eigenvalue weighted by atomic mass is 32.2. The summed E-state index contributed by atoms with van der Waals surface area (Å²) in [6.45, 7) is 3.92. The Morgan fingerprint density at radius 1 is 1.43 bits per heavy atom. The molecule has 7 nitrogen and oxygen atoms in total. The Hall–Kier alpha value is -2.26. The summed E-state index contributed by atoms with van der Waals surface area (Å²) >= 11 is 2.81. The number of ether oxygens (including phenoxy) is 1. The Bertz CT molecular complexity index is 810. The van der Waals surface area contributed by atoms with E-state index in [1.165, 1.54) is 28.5 Å². The van der Waals surface area contributed by atoms with Gasteiger partial charge in [0, 0.05) is 42.4 Å². The summed E-state index contributed by atoms with van der Waals surface area (Å²) in [4.78, 5) is 29.1. The van der Waals surface area contributed by atoms with Crippen LogP contribution in [-0.4, -0.2) is 58.4 Å². The molecular weight excluding hydrogens is 398 g/mol. The number of carboxylic acid groups (broad SMARTS) is 1. The van der Waals surface area contributed by atoms with Crippen LogP contribution in [0.4, 0.5) is 5.69 Å². The van der Waals surface area contributed by atoms with Crippen LogP contribution in [0, 0.1) is 0 Å². The van der Waals surface area contributed by atoms with Crippen molar-refractivity contribution in [2.45, 2.75) is 30.1 Å². The number of carboxylic acids is 1. The second-order valence-electron chi connectivity index (χ2n) is 6.27. The topological polar surface area (TPSA) is 91.8 Å². The van der Waals surface area contributed by atoms with Crippen molar-refractivity contribution >= 4 is 40.7 Å². The molecule has 0 spiro atoms. The van der Waals surface area contributed by atoms with Gasteiger partial charge in [0.2, 0.25) is 5.91 Å². The van der Waals surface area contributed by atoms with Gasteiger partial charge in [-0.15, -0.1) is 11.3 Å². The van der Waals surface area contributed by atoms with Gasteiger partial charge in [-0.25, -0.2) is 9.78 Å². The lowest BCUT2D eigenvalue weighted by Crippen LogP contribution is -2.39. The number of benzene rings is 1. The van der Waals surface area contributed by atoms with Gasteiger partial charge in [0.25, 0.3) is 0 Å². The highest BCUT2D eigenvalue weighted by Gasteiger charge is 2.30. The number of carbonyl (C=O) groups excluding carboxylic acids is 1. The van der Waals surface area contributed by atoms with E-state index in [1.807, 2.05) is 36.1 Å². The number of anilines is 1. The third-order valence-electron chi connectivity index (χ3n) is 4.42. The number of hydrogen-bond acceptors (Lipinski definition) is 7. The first kappa shape index (κ1) is 20.5. The Morgan fingerprint density at radius 3 is 2.89 bits per heavy atom. The lowest BCUT2D eigenvalue weighted by atomic mass is 10.2. The minimum Gasteiger partial charge on any atom is -0.494 e. The van der Waals surface area contributed by atoms with Gasteiger partial charge < -0.3 is 20.1 Å². The third kappa shape index (κ3) is 5.39. The molecule has 0 bridgehead atoms. The number of nitrogens with one attached hydrogen (secondary N) is 1. The molecule has 28 heavy (non-hydrogen) atoms. The Balaban J connectivity index is 1.47. The zero-order valence-electron chi connectivity index (χ0n) is 15.6. The molecule has 1 aliphatic heterocycles. The fraction of sp³-hybridized carbons (Fsp3) is 0.421. The Kier molecular flexibility index (Phi) is 7.16. The molecule has 2 heterocycles. The van der Waals surface area contributed by atoms with Gasteiger partial charge in [0.05, 0.1) is 6.61 Å². The number of aromatic nitrogens is 1. The SMILES string of the molecule is CCOc1ccc(NC[C@H]2CCC(=O)N2CCSc2nc(C(=O)O)cs2)cc1. The molecule has 1 fully saturated rings. The van der Waals surface area contributed by atoms with Crippen molar-refractivity contribution in [3.8, 4) is 5.75 Å². The van der Waals surface area contributed by atoms with Crippen molar-refractivity contribution in [1.82, 2.24) is 9.88 Å². The molecule has 0 unspecified atom stereocenters. The first-order valence-corrected chi connectivity index (χ1v) is 11.0. The summed E-state index contributed by atoms with van der Waals surface area (Å²) in [6, 6.07) is 7.97. The highest BCUT2D eigenvalue weighted by Crippen LogP contribution is 2.25. The average Bonchev–Trinajstić information content (AvgIpc) is 3.29. The molecule has 3 rings (SSSR count). The van der Waals surface area contributed by atoms with Crippen LogP contribution < -0.4 is 10.1 Å². The van der Waals surface area contributed by atoms with Gasteiger partial charge in [0.15, 0.2) is 10.0 Å². The summed E-state index contributed by atoms with van der Waals surface area (Å²) in [6.07, 6.45) is 1.41. The van der Waals surface area contributed by atoms with Crippen molar-refractivity contribution in [1.29, 1.82) is 0 Å². The van der Waals surface area contributed by atoms with Gasteiger partial charge >= 0.3 is 5.97 Å². The van der Waals surface area contributed by atoms with Crippen LogP contribution in [0.5, 0.6) is 5.75 Å². The summed E-state index contributed by atoms with van der Waals surface area (Å²) in [5.41, 5.74) is 1.07. The largest absolute Gasteiger partial charge is 0.494 e. The van der Waals surface area contributed by atoms with Crippen LogP contribution in [0.25, 0.3) is 0 Å². The van der Waals surface area contributed by atoms with Crippen molar-refractivity contribution in [3.63, 3.8) is 0 Å². The normalized spacial score (nSPS) is 16.4. The second kappa shape index (κ2) is 9.79. The maximum absolute atomic E-state index is 12.2. The van der Waals surface area contributed by atoms with E-state index >= 15 is 0 Å². The highest BCUT2D eigenvalue weighted by molar-refractivity contribution is 8.01. The van der Waals surface area contributed by atoms with E-state index in [0.29, 0.717) is 36.2 Å². The predicted molar refractivity (Wildman–Crippen MR) is 111 cm³/mol. The van der Waals surface area contributed by atoms with Crippen molar-refractivity contribution in [2.75, 3.05) is 30.8 Å². The number of carbonyl (C=O) groups is 2. The van der Waals surface area contributed by atoms with E-state index in [9.17, 15) is 9.59 Å². The summed E-state index contributed by atoms with van der Waals surface area (Å²) < 4.78 is 6.16. The van der Waals surface area contributed by atoms with E-state index in [-0.39, 0.29) is 17.6 Å². The molecule has 0 aliphatic carbocycles. The number of nitrogens with zero attached hydrogens (tertiary/aromatic N) is 2. The molecular formula is C19H23N3O4S2. The fourth-order valence-electron chi connectivity index (χ4n) is 3.04. The third-order valence-corrected chi connectivity index (χ3v) is 6.42. The molecule has 9 heteroatoms. The van der Waals surface area contributed by atoms with Gasteiger partial charge in [-0.1, -0.05) is 11.8 Å². The van der Waals surface area contributed by atoms with E-state index in [0.717, 1.165) is 17.9 Å². The Labute approximate surface area is 172 Å². The minimum absolute atomic E-state index is 0.0715. The zero-order chi connectivity index (χ0) is 19.9. The zero-order valence-corrected chi connectivity index (χ0v) is 17.2. The maximum atomic E-state index is 12.2. The molecule has 0 radical (unpaired) electrons. The van der Waals surface area contributed by atoms with Gasteiger partial charge in [-0.3, -0.25) is 4.79 Å². The average molecular weight is 422 g/mol.